The highest BCUT2D eigenvalue weighted by atomic mass is 28.4. The highest BCUT2D eigenvalue weighted by Crippen LogP contribution is 2.13. The Morgan fingerprint density at radius 2 is 1.89 bits per heavy atom. The molecule has 0 spiro atoms. The summed E-state index contributed by atoms with van der Waals surface area (Å²) in [6.45, 7) is 9.79. The second-order valence-corrected chi connectivity index (χ2v) is 9.68. The van der Waals surface area contributed by atoms with E-state index in [4.69, 9.17) is 4.43 Å². The Labute approximate surface area is 113 Å². The maximum absolute atomic E-state index is 5.95. The van der Waals surface area contributed by atoms with Crippen LogP contribution in [-0.4, -0.2) is 21.5 Å². The van der Waals surface area contributed by atoms with Crippen LogP contribution in [0.1, 0.15) is 25.3 Å². The molecule has 2 nitrogen and oxygen atoms in total. The van der Waals surface area contributed by atoms with Gasteiger partial charge in [0, 0.05) is 13.2 Å². The molecule has 0 saturated carbocycles. The first-order valence-electron chi connectivity index (χ1n) is 7.02. The normalized spacial score (nSPS) is 11.7. The predicted molar refractivity (Wildman–Crippen MR) is 81.3 cm³/mol. The van der Waals surface area contributed by atoms with Crippen molar-refractivity contribution in [2.75, 3.05) is 13.2 Å². The molecule has 0 aliphatic carbocycles. The largest absolute Gasteiger partial charge is 0.417 e. The van der Waals surface area contributed by atoms with Gasteiger partial charge in [-0.25, -0.2) is 0 Å². The van der Waals surface area contributed by atoms with Gasteiger partial charge >= 0.3 is 0 Å². The van der Waals surface area contributed by atoms with E-state index in [1.807, 2.05) is 0 Å². The van der Waals surface area contributed by atoms with E-state index in [1.165, 1.54) is 18.0 Å². The predicted octanol–water partition coefficient (Wildman–Crippen LogP) is 3.80. The molecule has 0 aliphatic heterocycles. The molecule has 0 radical (unpaired) electrons. The SMILES string of the molecule is CCCO[Si](C)(C)CCCNCc1ccccc1. The first-order valence-corrected chi connectivity index (χ1v) is 10.1. The van der Waals surface area contributed by atoms with E-state index >= 15 is 0 Å². The highest BCUT2D eigenvalue weighted by Gasteiger charge is 2.20. The molecule has 1 aromatic carbocycles. The molecular weight excluding hydrogens is 238 g/mol. The summed E-state index contributed by atoms with van der Waals surface area (Å²) in [4.78, 5) is 0. The molecule has 0 amide bonds. The topological polar surface area (TPSA) is 21.3 Å². The minimum Gasteiger partial charge on any atom is -0.417 e. The summed E-state index contributed by atoms with van der Waals surface area (Å²) < 4.78 is 5.95. The molecule has 18 heavy (non-hydrogen) atoms. The van der Waals surface area contributed by atoms with E-state index in [1.54, 1.807) is 0 Å². The molecule has 0 atom stereocenters. The number of hydrogen-bond donors (Lipinski definition) is 1. The molecule has 1 N–H and O–H groups in total. The third-order valence-corrected chi connectivity index (χ3v) is 5.54. The van der Waals surface area contributed by atoms with Crippen LogP contribution in [0.3, 0.4) is 0 Å². The van der Waals surface area contributed by atoms with Gasteiger partial charge < -0.3 is 9.74 Å². The fourth-order valence-electron chi connectivity index (χ4n) is 1.92. The first kappa shape index (κ1) is 15.4. The van der Waals surface area contributed by atoms with Crippen LogP contribution in [-0.2, 0) is 11.0 Å². The van der Waals surface area contributed by atoms with Crippen LogP contribution in [0.4, 0.5) is 0 Å². The van der Waals surface area contributed by atoms with E-state index in [-0.39, 0.29) is 0 Å². The quantitative estimate of drug-likeness (QED) is 0.542. The summed E-state index contributed by atoms with van der Waals surface area (Å²) in [5.41, 5.74) is 1.36. The monoisotopic (exact) mass is 265 g/mol. The average Bonchev–Trinajstić information content (AvgIpc) is 2.37. The van der Waals surface area contributed by atoms with Gasteiger partial charge in [0.1, 0.15) is 0 Å². The first-order chi connectivity index (χ1) is 8.64. The van der Waals surface area contributed by atoms with Crippen molar-refractivity contribution in [1.29, 1.82) is 0 Å². The molecule has 1 aromatic rings. The fourth-order valence-corrected chi connectivity index (χ4v) is 3.85. The van der Waals surface area contributed by atoms with Gasteiger partial charge in [0.05, 0.1) is 0 Å². The Morgan fingerprint density at radius 3 is 2.56 bits per heavy atom. The third-order valence-electron chi connectivity index (χ3n) is 3.00. The zero-order chi connectivity index (χ0) is 13.3. The smallest absolute Gasteiger partial charge is 0.186 e. The van der Waals surface area contributed by atoms with Crippen LogP contribution < -0.4 is 5.32 Å². The molecule has 102 valence electrons. The minimum absolute atomic E-state index is 0.927. The van der Waals surface area contributed by atoms with Crippen molar-refractivity contribution in [1.82, 2.24) is 5.32 Å². The van der Waals surface area contributed by atoms with Crippen molar-refractivity contribution in [2.24, 2.45) is 0 Å². The summed E-state index contributed by atoms with van der Waals surface area (Å²) in [6, 6.07) is 11.8. The molecule has 3 heteroatoms. The van der Waals surface area contributed by atoms with Crippen LogP contribution >= 0.6 is 0 Å². The second-order valence-electron chi connectivity index (χ2n) is 5.37. The average molecular weight is 265 g/mol. The summed E-state index contributed by atoms with van der Waals surface area (Å²) in [7, 11) is -1.39. The Kier molecular flexibility index (Phi) is 7.24. The van der Waals surface area contributed by atoms with E-state index in [2.05, 4.69) is 55.7 Å². The third kappa shape index (κ3) is 6.94. The van der Waals surface area contributed by atoms with Crippen LogP contribution in [0.2, 0.25) is 19.1 Å². The van der Waals surface area contributed by atoms with Gasteiger partial charge in [0.2, 0.25) is 0 Å². The minimum atomic E-state index is -1.39. The van der Waals surface area contributed by atoms with E-state index in [9.17, 15) is 0 Å². The van der Waals surface area contributed by atoms with E-state index in [0.717, 1.165) is 26.1 Å². The van der Waals surface area contributed by atoms with Crippen molar-refractivity contribution in [3.63, 3.8) is 0 Å². The van der Waals surface area contributed by atoms with Crippen LogP contribution in [0, 0.1) is 0 Å². The van der Waals surface area contributed by atoms with Crippen molar-refractivity contribution >= 4 is 8.32 Å². The lowest BCUT2D eigenvalue weighted by molar-refractivity contribution is 0.305. The zero-order valence-electron chi connectivity index (χ0n) is 12.0. The summed E-state index contributed by atoms with van der Waals surface area (Å²) in [6.07, 6.45) is 2.35. The van der Waals surface area contributed by atoms with Gasteiger partial charge in [-0.3, -0.25) is 0 Å². The number of hydrogen-bond acceptors (Lipinski definition) is 2. The molecular formula is C15H27NOSi. The molecule has 0 heterocycles. The van der Waals surface area contributed by atoms with Gasteiger partial charge in [0.25, 0.3) is 0 Å². The molecule has 0 aromatic heterocycles. The van der Waals surface area contributed by atoms with Crippen LogP contribution in [0.15, 0.2) is 30.3 Å². The van der Waals surface area contributed by atoms with Gasteiger partial charge in [-0.2, -0.15) is 0 Å². The summed E-state index contributed by atoms with van der Waals surface area (Å²) in [5.74, 6) is 0. The molecule has 0 saturated heterocycles. The Morgan fingerprint density at radius 1 is 1.17 bits per heavy atom. The Balaban J connectivity index is 2.08. The standard InChI is InChI=1S/C15H27NOSi/c1-4-12-17-18(2,3)13-8-11-16-14-15-9-6-5-7-10-15/h5-7,9-10,16H,4,8,11-14H2,1-3H3. The summed E-state index contributed by atoms with van der Waals surface area (Å²) in [5, 5.41) is 3.50. The Bertz CT molecular complexity index is 314. The highest BCUT2D eigenvalue weighted by molar-refractivity contribution is 6.71. The van der Waals surface area contributed by atoms with Crippen LogP contribution in [0.5, 0.6) is 0 Å². The molecule has 0 aliphatic rings. The van der Waals surface area contributed by atoms with Gasteiger partial charge in [-0.15, -0.1) is 0 Å². The van der Waals surface area contributed by atoms with Gasteiger partial charge in [-0.05, 0) is 44.1 Å². The zero-order valence-corrected chi connectivity index (χ0v) is 13.0. The van der Waals surface area contributed by atoms with Crippen LogP contribution in [0.25, 0.3) is 0 Å². The lowest BCUT2D eigenvalue weighted by atomic mass is 10.2. The van der Waals surface area contributed by atoms with Crippen molar-refractivity contribution in [3.05, 3.63) is 35.9 Å². The number of rotatable bonds is 9. The molecule has 1 rings (SSSR count). The number of benzene rings is 1. The Hall–Kier alpha value is -0.643. The van der Waals surface area contributed by atoms with E-state index < -0.39 is 8.32 Å². The van der Waals surface area contributed by atoms with Gasteiger partial charge in [0.15, 0.2) is 8.32 Å². The lowest BCUT2D eigenvalue weighted by Crippen LogP contribution is -2.31. The maximum Gasteiger partial charge on any atom is 0.186 e. The molecule has 0 unspecified atom stereocenters. The van der Waals surface area contributed by atoms with Crippen molar-refractivity contribution in [3.8, 4) is 0 Å². The summed E-state index contributed by atoms with van der Waals surface area (Å²) >= 11 is 0. The second kappa shape index (κ2) is 8.46. The molecule has 0 bridgehead atoms. The maximum atomic E-state index is 5.95. The van der Waals surface area contributed by atoms with E-state index in [0.29, 0.717) is 0 Å². The number of nitrogens with one attached hydrogen (secondary N) is 1. The lowest BCUT2D eigenvalue weighted by Gasteiger charge is -2.22. The molecule has 0 fully saturated rings. The fraction of sp³-hybridized carbons (Fsp3) is 0.600. The van der Waals surface area contributed by atoms with Gasteiger partial charge in [-0.1, -0.05) is 37.3 Å². The van der Waals surface area contributed by atoms with Crippen molar-refractivity contribution in [2.45, 2.75) is 45.4 Å². The van der Waals surface area contributed by atoms with Crippen molar-refractivity contribution < 1.29 is 4.43 Å².